The Balaban J connectivity index is 1.72. The molecule has 0 radical (unpaired) electrons. The first-order valence-electron chi connectivity index (χ1n) is 13.3. The van der Waals surface area contributed by atoms with Crippen molar-refractivity contribution in [3.8, 4) is 5.75 Å². The number of carbonyl (C=O) groups excluding carboxylic acids is 1. The molecular formula is C32H32N2O4S. The van der Waals surface area contributed by atoms with Crippen molar-refractivity contribution in [2.75, 3.05) is 6.61 Å². The predicted molar refractivity (Wildman–Crippen MR) is 156 cm³/mol. The van der Waals surface area contributed by atoms with E-state index in [4.69, 9.17) is 14.5 Å². The van der Waals surface area contributed by atoms with Crippen molar-refractivity contribution in [3.63, 3.8) is 0 Å². The number of rotatable bonds is 8. The summed E-state index contributed by atoms with van der Waals surface area (Å²) in [5, 5.41) is 2.07. The minimum Gasteiger partial charge on any atom is -0.493 e. The van der Waals surface area contributed by atoms with E-state index in [1.54, 1.807) is 11.5 Å². The van der Waals surface area contributed by atoms with Gasteiger partial charge in [0.1, 0.15) is 5.75 Å². The molecular weight excluding hydrogens is 508 g/mol. The fraction of sp³-hybridized carbons (Fsp3) is 0.281. The number of hydrogen-bond acceptors (Lipinski definition) is 6. The summed E-state index contributed by atoms with van der Waals surface area (Å²) in [6.45, 7) is 8.15. The number of benzene rings is 3. The molecule has 1 unspecified atom stereocenters. The minimum absolute atomic E-state index is 0.206. The van der Waals surface area contributed by atoms with Crippen molar-refractivity contribution in [1.82, 2.24) is 4.57 Å². The number of unbranched alkanes of at least 4 members (excludes halogenated alkanes) is 1. The Morgan fingerprint density at radius 1 is 1.08 bits per heavy atom. The number of thiazole rings is 1. The molecule has 6 nitrogen and oxygen atoms in total. The monoisotopic (exact) mass is 540 g/mol. The molecule has 0 fully saturated rings. The second-order valence-electron chi connectivity index (χ2n) is 9.85. The van der Waals surface area contributed by atoms with Crippen molar-refractivity contribution in [2.45, 2.75) is 52.7 Å². The molecule has 39 heavy (non-hydrogen) atoms. The number of carbonyl (C=O) groups is 1. The van der Waals surface area contributed by atoms with E-state index in [1.165, 1.54) is 11.3 Å². The van der Waals surface area contributed by atoms with Gasteiger partial charge in [-0.05, 0) is 55.7 Å². The van der Waals surface area contributed by atoms with Crippen molar-refractivity contribution in [1.29, 1.82) is 0 Å². The largest absolute Gasteiger partial charge is 0.493 e. The third-order valence-electron chi connectivity index (χ3n) is 6.66. The predicted octanol–water partition coefficient (Wildman–Crippen LogP) is 5.52. The van der Waals surface area contributed by atoms with Crippen LogP contribution in [0.1, 0.15) is 57.7 Å². The third kappa shape index (κ3) is 5.32. The molecule has 0 amide bonds. The highest BCUT2D eigenvalue weighted by Gasteiger charge is 2.33. The van der Waals surface area contributed by atoms with Gasteiger partial charge in [0, 0.05) is 5.56 Å². The van der Waals surface area contributed by atoms with Gasteiger partial charge in [-0.25, -0.2) is 9.79 Å². The van der Waals surface area contributed by atoms with Crippen LogP contribution in [0, 0.1) is 0 Å². The van der Waals surface area contributed by atoms with Crippen LogP contribution in [0.2, 0.25) is 0 Å². The maximum absolute atomic E-state index is 14.1. The maximum Gasteiger partial charge on any atom is 0.338 e. The molecule has 1 aliphatic heterocycles. The summed E-state index contributed by atoms with van der Waals surface area (Å²) < 4.78 is 13.9. The Labute approximate surface area is 231 Å². The van der Waals surface area contributed by atoms with E-state index >= 15 is 0 Å². The smallest absolute Gasteiger partial charge is 0.338 e. The highest BCUT2D eigenvalue weighted by molar-refractivity contribution is 7.07. The number of allylic oxidation sites excluding steroid dienone is 1. The molecule has 0 spiro atoms. The zero-order valence-electron chi connectivity index (χ0n) is 22.6. The molecule has 2 heterocycles. The highest BCUT2D eigenvalue weighted by Crippen LogP contribution is 2.32. The van der Waals surface area contributed by atoms with Crippen LogP contribution in [0.25, 0.3) is 16.8 Å². The number of nitrogens with zero attached hydrogens (tertiary/aromatic N) is 2. The SMILES string of the molecule is CCCCOc1ccc2ccccc2c1C=c1sc2n(c1=O)C(c1ccccc1)C(C(=O)OC(C)C)=C(C)N=2. The normalized spacial score (nSPS) is 15.4. The van der Waals surface area contributed by atoms with Gasteiger partial charge in [0.05, 0.1) is 34.6 Å². The summed E-state index contributed by atoms with van der Waals surface area (Å²) in [5.74, 6) is 0.278. The van der Waals surface area contributed by atoms with E-state index in [-0.39, 0.29) is 11.7 Å². The van der Waals surface area contributed by atoms with Gasteiger partial charge in [-0.3, -0.25) is 9.36 Å². The molecule has 1 aliphatic rings. The van der Waals surface area contributed by atoms with Gasteiger partial charge in [0.2, 0.25) is 0 Å². The zero-order valence-corrected chi connectivity index (χ0v) is 23.5. The third-order valence-corrected chi connectivity index (χ3v) is 7.64. The lowest BCUT2D eigenvalue weighted by molar-refractivity contribution is -0.143. The summed E-state index contributed by atoms with van der Waals surface area (Å²) in [5.41, 5.74) is 2.41. The molecule has 5 rings (SSSR count). The topological polar surface area (TPSA) is 69.9 Å². The molecule has 1 atom stereocenters. The second-order valence-corrected chi connectivity index (χ2v) is 10.9. The van der Waals surface area contributed by atoms with Crippen LogP contribution in [-0.2, 0) is 9.53 Å². The molecule has 0 saturated carbocycles. The molecule has 4 aromatic rings. The first-order chi connectivity index (χ1) is 18.9. The quantitative estimate of drug-likeness (QED) is 0.218. The lowest BCUT2D eigenvalue weighted by Crippen LogP contribution is -2.40. The summed E-state index contributed by atoms with van der Waals surface area (Å²) in [6.07, 6.45) is 3.58. The standard InChI is InChI=1S/C32H32N2O4S/c1-5-6-18-37-26-17-16-22-12-10-11-15-24(22)25(26)19-27-30(35)34-29(23-13-8-7-9-14-23)28(31(36)38-20(2)3)21(4)33-32(34)39-27/h7-17,19-20,29H,5-6,18H2,1-4H3. The Morgan fingerprint density at radius 2 is 1.82 bits per heavy atom. The van der Waals surface area contributed by atoms with Crippen LogP contribution in [-0.4, -0.2) is 23.2 Å². The van der Waals surface area contributed by atoms with Crippen LogP contribution in [0.5, 0.6) is 5.75 Å². The minimum atomic E-state index is -0.636. The lowest BCUT2D eigenvalue weighted by Gasteiger charge is -2.25. The molecule has 7 heteroatoms. The van der Waals surface area contributed by atoms with E-state index in [0.717, 1.165) is 40.5 Å². The van der Waals surface area contributed by atoms with Gasteiger partial charge in [0.25, 0.3) is 5.56 Å². The molecule has 3 aromatic carbocycles. The van der Waals surface area contributed by atoms with Crippen LogP contribution in [0.3, 0.4) is 0 Å². The highest BCUT2D eigenvalue weighted by atomic mass is 32.1. The second kappa shape index (κ2) is 11.4. The molecule has 0 N–H and O–H groups in total. The molecule has 200 valence electrons. The van der Waals surface area contributed by atoms with Gasteiger partial charge < -0.3 is 9.47 Å². The van der Waals surface area contributed by atoms with Gasteiger partial charge in [-0.1, -0.05) is 85.3 Å². The Morgan fingerprint density at radius 3 is 2.56 bits per heavy atom. The average Bonchev–Trinajstić information content (AvgIpc) is 3.23. The summed E-state index contributed by atoms with van der Waals surface area (Å²) in [4.78, 5) is 32.6. The number of hydrogen-bond donors (Lipinski definition) is 0. The Kier molecular flexibility index (Phi) is 7.79. The van der Waals surface area contributed by atoms with E-state index < -0.39 is 12.0 Å². The zero-order chi connectivity index (χ0) is 27.5. The van der Waals surface area contributed by atoms with Crippen molar-refractivity contribution >= 4 is 34.2 Å². The van der Waals surface area contributed by atoms with Crippen LogP contribution in [0.4, 0.5) is 0 Å². The van der Waals surface area contributed by atoms with Gasteiger partial charge >= 0.3 is 5.97 Å². The number of ether oxygens (including phenoxy) is 2. The van der Waals surface area contributed by atoms with Crippen molar-refractivity contribution in [3.05, 3.63) is 109 Å². The van der Waals surface area contributed by atoms with Crippen LogP contribution >= 0.6 is 11.3 Å². The van der Waals surface area contributed by atoms with Gasteiger partial charge in [-0.15, -0.1) is 0 Å². The first-order valence-corrected chi connectivity index (χ1v) is 14.1. The van der Waals surface area contributed by atoms with Gasteiger partial charge in [0.15, 0.2) is 4.80 Å². The molecule has 0 aliphatic carbocycles. The van der Waals surface area contributed by atoms with E-state index in [0.29, 0.717) is 27.2 Å². The summed E-state index contributed by atoms with van der Waals surface area (Å²) in [7, 11) is 0. The summed E-state index contributed by atoms with van der Waals surface area (Å²) >= 11 is 1.32. The first kappa shape index (κ1) is 26.6. The van der Waals surface area contributed by atoms with E-state index in [2.05, 4.69) is 13.0 Å². The Bertz CT molecular complexity index is 1730. The van der Waals surface area contributed by atoms with Gasteiger partial charge in [-0.2, -0.15) is 0 Å². The molecule has 0 bridgehead atoms. The Hall–Kier alpha value is -3.97. The average molecular weight is 541 g/mol. The van der Waals surface area contributed by atoms with Crippen LogP contribution in [0.15, 0.2) is 87.8 Å². The van der Waals surface area contributed by atoms with Crippen molar-refractivity contribution < 1.29 is 14.3 Å². The van der Waals surface area contributed by atoms with Crippen LogP contribution < -0.4 is 19.6 Å². The van der Waals surface area contributed by atoms with Crippen molar-refractivity contribution in [2.24, 2.45) is 4.99 Å². The molecule has 1 aromatic heterocycles. The number of aromatic nitrogens is 1. The maximum atomic E-state index is 14.1. The lowest BCUT2D eigenvalue weighted by atomic mass is 9.96. The number of esters is 1. The fourth-order valence-corrected chi connectivity index (χ4v) is 5.85. The summed E-state index contributed by atoms with van der Waals surface area (Å²) in [6, 6.07) is 21.0. The molecule has 0 saturated heterocycles. The fourth-order valence-electron chi connectivity index (χ4n) is 4.82. The van der Waals surface area contributed by atoms with E-state index in [1.807, 2.05) is 80.6 Å². The number of fused-ring (bicyclic) bond motifs is 2. The van der Waals surface area contributed by atoms with E-state index in [9.17, 15) is 9.59 Å².